The number of rotatable bonds is 1. The zero-order valence-corrected chi connectivity index (χ0v) is 13.2. The van der Waals surface area contributed by atoms with Crippen molar-refractivity contribution in [2.75, 3.05) is 32.7 Å². The number of para-hydroxylation sites is 1. The largest absolute Gasteiger partial charge is 0.469 e. The Bertz CT molecular complexity index is 632. The number of ether oxygens (including phenoxy) is 2. The molecule has 0 aromatic heterocycles. The van der Waals surface area contributed by atoms with Crippen LogP contribution >= 0.6 is 0 Å². The minimum Gasteiger partial charge on any atom is -0.469 e. The second-order valence-corrected chi connectivity index (χ2v) is 6.03. The number of likely N-dealkylation sites (N-methyl/N-ethyl adjacent to an activating group) is 1. The highest BCUT2D eigenvalue weighted by molar-refractivity contribution is 5.94. The summed E-state index contributed by atoms with van der Waals surface area (Å²) in [5.74, 6) is -0.582. The first-order valence-corrected chi connectivity index (χ1v) is 7.21. The van der Waals surface area contributed by atoms with Gasteiger partial charge in [0, 0.05) is 12.0 Å². The molecule has 0 saturated carbocycles. The molecular formula is C16H20N2O4. The van der Waals surface area contributed by atoms with Gasteiger partial charge in [-0.15, -0.1) is 0 Å². The molecule has 1 aromatic rings. The number of carbonyl (C=O) groups is 2. The van der Waals surface area contributed by atoms with Gasteiger partial charge in [0.1, 0.15) is 6.17 Å². The number of methoxy groups -OCH3 is 2. The standard InChI is InChI=1S/C16H20N2O4/c1-16-10-7-5-6-8-12(10)18(15(20)22-4)14(16)17(2)9-11(16)13(19)21-3/h5-8,11,14H,9H2,1-4H3/t11?,14-,16-/m1/s1. The van der Waals surface area contributed by atoms with Gasteiger partial charge in [0.05, 0.1) is 25.8 Å². The number of nitrogens with zero attached hydrogens (tertiary/aromatic N) is 2. The van der Waals surface area contributed by atoms with Crippen molar-refractivity contribution in [2.24, 2.45) is 5.92 Å². The van der Waals surface area contributed by atoms with Crippen molar-refractivity contribution in [1.29, 1.82) is 0 Å². The smallest absolute Gasteiger partial charge is 0.415 e. The van der Waals surface area contributed by atoms with Crippen LogP contribution in [0.15, 0.2) is 24.3 Å². The maximum absolute atomic E-state index is 12.3. The zero-order valence-electron chi connectivity index (χ0n) is 13.2. The van der Waals surface area contributed by atoms with Crippen molar-refractivity contribution in [3.63, 3.8) is 0 Å². The summed E-state index contributed by atoms with van der Waals surface area (Å²) in [6.07, 6.45) is -0.681. The second-order valence-electron chi connectivity index (χ2n) is 6.03. The van der Waals surface area contributed by atoms with Gasteiger partial charge in [0.2, 0.25) is 0 Å². The Hall–Kier alpha value is -2.08. The molecule has 0 bridgehead atoms. The highest BCUT2D eigenvalue weighted by atomic mass is 16.5. The minimum absolute atomic E-state index is 0.252. The van der Waals surface area contributed by atoms with Crippen LogP contribution in [0.4, 0.5) is 10.5 Å². The third-order valence-corrected chi connectivity index (χ3v) is 4.99. The van der Waals surface area contributed by atoms with Crippen LogP contribution in [0.25, 0.3) is 0 Å². The molecule has 2 heterocycles. The molecule has 0 spiro atoms. The molecule has 3 atom stereocenters. The molecule has 6 nitrogen and oxygen atoms in total. The van der Waals surface area contributed by atoms with Crippen molar-refractivity contribution in [1.82, 2.24) is 4.90 Å². The van der Waals surface area contributed by atoms with E-state index in [0.29, 0.717) is 6.54 Å². The third-order valence-electron chi connectivity index (χ3n) is 4.99. The van der Waals surface area contributed by atoms with E-state index in [1.807, 2.05) is 43.1 Å². The van der Waals surface area contributed by atoms with Gasteiger partial charge in [-0.25, -0.2) is 4.79 Å². The zero-order chi connectivity index (χ0) is 16.1. The van der Waals surface area contributed by atoms with E-state index in [1.165, 1.54) is 14.2 Å². The summed E-state index contributed by atoms with van der Waals surface area (Å²) in [5, 5.41) is 0. The Kier molecular flexibility index (Phi) is 3.36. The first-order valence-electron chi connectivity index (χ1n) is 7.21. The predicted octanol–water partition coefficient (Wildman–Crippen LogP) is 1.59. The van der Waals surface area contributed by atoms with E-state index in [2.05, 4.69) is 0 Å². The van der Waals surface area contributed by atoms with Crippen LogP contribution in [-0.2, 0) is 19.7 Å². The molecule has 0 aliphatic carbocycles. The van der Waals surface area contributed by atoms with Crippen LogP contribution in [0, 0.1) is 5.92 Å². The topological polar surface area (TPSA) is 59.1 Å². The van der Waals surface area contributed by atoms with Gasteiger partial charge in [0.15, 0.2) is 0 Å². The summed E-state index contributed by atoms with van der Waals surface area (Å²) in [7, 11) is 4.68. The normalized spacial score (nSPS) is 29.9. The molecule has 1 saturated heterocycles. The quantitative estimate of drug-likeness (QED) is 0.738. The van der Waals surface area contributed by atoms with Crippen molar-refractivity contribution < 1.29 is 19.1 Å². The fourth-order valence-electron chi connectivity index (χ4n) is 4.04. The summed E-state index contributed by atoms with van der Waals surface area (Å²) in [5.41, 5.74) is 1.25. The molecule has 1 unspecified atom stereocenters. The van der Waals surface area contributed by atoms with Gasteiger partial charge in [-0.1, -0.05) is 25.1 Å². The molecule has 22 heavy (non-hydrogen) atoms. The third kappa shape index (κ3) is 1.70. The number of carbonyl (C=O) groups excluding carboxylic acids is 2. The Labute approximate surface area is 129 Å². The monoisotopic (exact) mass is 304 g/mol. The Morgan fingerprint density at radius 3 is 2.55 bits per heavy atom. The Morgan fingerprint density at radius 1 is 1.23 bits per heavy atom. The van der Waals surface area contributed by atoms with Crippen LogP contribution in [-0.4, -0.2) is 50.9 Å². The molecule has 1 aromatic carbocycles. The number of anilines is 1. The van der Waals surface area contributed by atoms with Gasteiger partial charge in [0.25, 0.3) is 0 Å². The Balaban J connectivity index is 2.19. The van der Waals surface area contributed by atoms with Crippen LogP contribution in [0.1, 0.15) is 12.5 Å². The fourth-order valence-corrected chi connectivity index (χ4v) is 4.04. The number of amides is 1. The van der Waals surface area contributed by atoms with E-state index in [-0.39, 0.29) is 18.1 Å². The molecule has 1 amide bonds. The summed E-state index contributed by atoms with van der Waals surface area (Å²) in [4.78, 5) is 28.2. The maximum Gasteiger partial charge on any atom is 0.415 e. The van der Waals surface area contributed by atoms with Gasteiger partial charge in [-0.05, 0) is 18.7 Å². The van der Waals surface area contributed by atoms with Crippen LogP contribution in [0.5, 0.6) is 0 Å². The average molecular weight is 304 g/mol. The van der Waals surface area contributed by atoms with E-state index >= 15 is 0 Å². The average Bonchev–Trinajstić information content (AvgIpc) is 2.95. The van der Waals surface area contributed by atoms with Crippen LogP contribution < -0.4 is 4.90 Å². The van der Waals surface area contributed by atoms with Crippen molar-refractivity contribution >= 4 is 17.7 Å². The highest BCUT2D eigenvalue weighted by Crippen LogP contribution is 2.54. The van der Waals surface area contributed by atoms with E-state index < -0.39 is 11.5 Å². The second kappa shape index (κ2) is 4.98. The number of hydrogen-bond acceptors (Lipinski definition) is 5. The maximum atomic E-state index is 12.3. The predicted molar refractivity (Wildman–Crippen MR) is 80.6 cm³/mol. The lowest BCUT2D eigenvalue weighted by Crippen LogP contribution is -2.51. The summed E-state index contributed by atoms with van der Waals surface area (Å²) >= 11 is 0. The molecule has 6 heteroatoms. The molecule has 0 radical (unpaired) electrons. The van der Waals surface area contributed by atoms with Gasteiger partial charge in [-0.3, -0.25) is 14.6 Å². The molecule has 0 N–H and O–H groups in total. The van der Waals surface area contributed by atoms with E-state index in [9.17, 15) is 9.59 Å². The molecule has 2 aliphatic rings. The molecule has 1 fully saturated rings. The van der Waals surface area contributed by atoms with Crippen molar-refractivity contribution in [3.05, 3.63) is 29.8 Å². The van der Waals surface area contributed by atoms with Gasteiger partial charge < -0.3 is 9.47 Å². The first kappa shape index (κ1) is 14.8. The number of likely N-dealkylation sites (tertiary alicyclic amines) is 1. The number of benzene rings is 1. The lowest BCUT2D eigenvalue weighted by atomic mass is 9.74. The van der Waals surface area contributed by atoms with Crippen LogP contribution in [0.3, 0.4) is 0 Å². The SMILES string of the molecule is COC(=O)C1CN(C)[C@@H]2N(C(=O)OC)c3ccccc3[C@]12C. The van der Waals surface area contributed by atoms with E-state index in [4.69, 9.17) is 9.47 Å². The number of esters is 1. The van der Waals surface area contributed by atoms with Gasteiger partial charge >= 0.3 is 12.1 Å². The van der Waals surface area contributed by atoms with Gasteiger partial charge in [-0.2, -0.15) is 0 Å². The number of hydrogen-bond donors (Lipinski definition) is 0. The van der Waals surface area contributed by atoms with Crippen molar-refractivity contribution in [3.8, 4) is 0 Å². The molecular weight excluding hydrogens is 284 g/mol. The van der Waals surface area contributed by atoms with E-state index in [0.717, 1.165) is 11.3 Å². The summed E-state index contributed by atoms with van der Waals surface area (Å²) in [6.45, 7) is 2.56. The van der Waals surface area contributed by atoms with E-state index in [1.54, 1.807) is 4.90 Å². The Morgan fingerprint density at radius 2 is 1.91 bits per heavy atom. The summed E-state index contributed by atoms with van der Waals surface area (Å²) in [6, 6.07) is 7.67. The molecule has 2 aliphatic heterocycles. The first-order chi connectivity index (χ1) is 10.5. The number of fused-ring (bicyclic) bond motifs is 3. The van der Waals surface area contributed by atoms with Crippen LogP contribution in [0.2, 0.25) is 0 Å². The summed E-state index contributed by atoms with van der Waals surface area (Å²) < 4.78 is 9.95. The minimum atomic E-state index is -0.521. The lowest BCUT2D eigenvalue weighted by Gasteiger charge is -2.33. The fraction of sp³-hybridized carbons (Fsp3) is 0.500. The lowest BCUT2D eigenvalue weighted by molar-refractivity contribution is -0.146. The van der Waals surface area contributed by atoms with Crippen molar-refractivity contribution in [2.45, 2.75) is 18.5 Å². The molecule has 3 rings (SSSR count). The molecule has 118 valence electrons. The highest BCUT2D eigenvalue weighted by Gasteiger charge is 2.62.